The van der Waals surface area contributed by atoms with Crippen LogP contribution in [0.1, 0.15) is 18.4 Å². The number of nitrogens with zero attached hydrogens (tertiary/aromatic N) is 8. The van der Waals surface area contributed by atoms with Crippen molar-refractivity contribution >= 4 is 29.2 Å². The molecule has 12 heteroatoms. The minimum absolute atomic E-state index is 0.159. The second-order valence-corrected chi connectivity index (χ2v) is 11.5. The maximum absolute atomic E-state index is 12.6. The standard InChI is InChI=1S/C32H35N9O3/c33-30-28(16-27(36-37-30)26-8-4-5-9-29(26)42)40-19-23-10-11-24(20-40)41(23)31-34-17-25(18-35-31)38-12-14-39(15-13-38)32(43)44-21-22-6-2-1-3-7-22/h1-9,16-18,23-24,42H,10-15,19-21H2,(H2,33,37). The van der Waals surface area contributed by atoms with E-state index in [9.17, 15) is 9.90 Å². The van der Waals surface area contributed by atoms with Crippen molar-refractivity contribution in [2.24, 2.45) is 0 Å². The number of rotatable bonds is 6. The Hall–Kier alpha value is -5.13. The molecule has 0 spiro atoms. The monoisotopic (exact) mass is 593 g/mol. The van der Waals surface area contributed by atoms with Gasteiger partial charge in [-0.15, -0.1) is 10.2 Å². The van der Waals surface area contributed by atoms with Crippen molar-refractivity contribution in [3.8, 4) is 17.0 Å². The van der Waals surface area contributed by atoms with Crippen molar-refractivity contribution in [2.75, 3.05) is 59.7 Å². The van der Waals surface area contributed by atoms with Crippen LogP contribution in [-0.4, -0.2) is 87.6 Å². The van der Waals surface area contributed by atoms with Crippen LogP contribution in [0.15, 0.2) is 73.1 Å². The van der Waals surface area contributed by atoms with Gasteiger partial charge in [0.2, 0.25) is 5.95 Å². The quantitative estimate of drug-likeness (QED) is 0.340. The second-order valence-electron chi connectivity index (χ2n) is 11.5. The zero-order valence-corrected chi connectivity index (χ0v) is 24.4. The Morgan fingerprint density at radius 2 is 1.57 bits per heavy atom. The van der Waals surface area contributed by atoms with Crippen molar-refractivity contribution in [3.05, 3.63) is 78.6 Å². The molecule has 12 nitrogen and oxygen atoms in total. The normalized spacial score (nSPS) is 19.7. The lowest BCUT2D eigenvalue weighted by molar-refractivity contribution is 0.0942. The third-order valence-corrected chi connectivity index (χ3v) is 8.77. The van der Waals surface area contributed by atoms with Gasteiger partial charge in [-0.2, -0.15) is 0 Å². The molecular weight excluding hydrogens is 558 g/mol. The number of aromatic nitrogens is 4. The molecule has 3 aliphatic heterocycles. The highest BCUT2D eigenvalue weighted by molar-refractivity contribution is 5.74. The molecule has 3 aliphatic rings. The molecule has 2 aromatic heterocycles. The van der Waals surface area contributed by atoms with Gasteiger partial charge in [-0.05, 0) is 36.6 Å². The molecule has 0 aliphatic carbocycles. The lowest BCUT2D eigenvalue weighted by Crippen LogP contribution is -2.54. The number of hydrogen-bond donors (Lipinski definition) is 2. The lowest BCUT2D eigenvalue weighted by atomic mass is 10.1. The number of phenols is 1. The van der Waals surface area contributed by atoms with Crippen molar-refractivity contribution in [2.45, 2.75) is 31.5 Å². The Kier molecular flexibility index (Phi) is 7.47. The van der Waals surface area contributed by atoms with E-state index in [1.807, 2.05) is 60.9 Å². The number of nitrogens with two attached hydrogens (primary N) is 1. The van der Waals surface area contributed by atoms with E-state index in [0.29, 0.717) is 43.3 Å². The highest BCUT2D eigenvalue weighted by Gasteiger charge is 2.42. The third kappa shape index (κ3) is 5.50. The molecule has 2 unspecified atom stereocenters. The molecule has 0 saturated carbocycles. The van der Waals surface area contributed by atoms with E-state index >= 15 is 0 Å². The number of aromatic hydroxyl groups is 1. The van der Waals surface area contributed by atoms with Gasteiger partial charge in [-0.1, -0.05) is 42.5 Å². The molecular formula is C32H35N9O3. The Morgan fingerprint density at radius 3 is 2.27 bits per heavy atom. The smallest absolute Gasteiger partial charge is 0.410 e. The van der Waals surface area contributed by atoms with E-state index in [-0.39, 0.29) is 30.5 Å². The van der Waals surface area contributed by atoms with E-state index in [1.165, 1.54) is 0 Å². The van der Waals surface area contributed by atoms with E-state index in [2.05, 4.69) is 24.9 Å². The number of piperazine rings is 2. The summed E-state index contributed by atoms with van der Waals surface area (Å²) >= 11 is 0. The summed E-state index contributed by atoms with van der Waals surface area (Å²) in [6.07, 6.45) is 5.58. The second kappa shape index (κ2) is 11.9. The van der Waals surface area contributed by atoms with Crippen LogP contribution in [0.5, 0.6) is 5.75 Å². The molecule has 0 radical (unpaired) electrons. The number of amides is 1. The summed E-state index contributed by atoms with van der Waals surface area (Å²) in [6.45, 7) is 4.35. The van der Waals surface area contributed by atoms with Crippen molar-refractivity contribution in [1.29, 1.82) is 0 Å². The summed E-state index contributed by atoms with van der Waals surface area (Å²) in [5.41, 5.74) is 10.3. The van der Waals surface area contributed by atoms with Crippen LogP contribution < -0.4 is 20.4 Å². The molecule has 5 heterocycles. The average molecular weight is 594 g/mol. The van der Waals surface area contributed by atoms with E-state index in [4.69, 9.17) is 20.4 Å². The van der Waals surface area contributed by atoms with Crippen LogP contribution >= 0.6 is 0 Å². The molecule has 7 rings (SSSR count). The van der Waals surface area contributed by atoms with Crippen molar-refractivity contribution < 1.29 is 14.6 Å². The molecule has 3 N–H and O–H groups in total. The fraction of sp³-hybridized carbons (Fsp3) is 0.344. The SMILES string of the molecule is Nc1nnc(-c2ccccc2O)cc1N1CC2CCC(C1)N2c1ncc(N2CCN(C(=O)OCc3ccccc3)CC2)cn1. The molecule has 226 valence electrons. The van der Waals surface area contributed by atoms with Gasteiger partial charge in [0.25, 0.3) is 0 Å². The Bertz CT molecular complexity index is 1600. The van der Waals surface area contributed by atoms with Gasteiger partial charge in [-0.25, -0.2) is 14.8 Å². The van der Waals surface area contributed by atoms with Crippen LogP contribution in [-0.2, 0) is 11.3 Å². The van der Waals surface area contributed by atoms with Crippen LogP contribution in [0.2, 0.25) is 0 Å². The molecule has 2 bridgehead atoms. The Balaban J connectivity index is 0.969. The van der Waals surface area contributed by atoms with Gasteiger partial charge in [0.1, 0.15) is 12.4 Å². The highest BCUT2D eigenvalue weighted by atomic mass is 16.6. The first kappa shape index (κ1) is 27.7. The van der Waals surface area contributed by atoms with E-state index in [1.54, 1.807) is 17.0 Å². The van der Waals surface area contributed by atoms with Crippen molar-refractivity contribution in [3.63, 3.8) is 0 Å². The number of fused-ring (bicyclic) bond motifs is 2. The van der Waals surface area contributed by atoms with Gasteiger partial charge >= 0.3 is 6.09 Å². The number of benzene rings is 2. The number of ether oxygens (including phenoxy) is 1. The van der Waals surface area contributed by atoms with Crippen LogP contribution in [0.4, 0.5) is 27.9 Å². The minimum atomic E-state index is -0.284. The zero-order valence-electron chi connectivity index (χ0n) is 24.4. The number of hydrogen-bond acceptors (Lipinski definition) is 11. The van der Waals surface area contributed by atoms with Crippen LogP contribution in [0.25, 0.3) is 11.3 Å². The van der Waals surface area contributed by atoms with Crippen molar-refractivity contribution in [1.82, 2.24) is 25.1 Å². The maximum atomic E-state index is 12.6. The summed E-state index contributed by atoms with van der Waals surface area (Å²) in [4.78, 5) is 30.7. The lowest BCUT2D eigenvalue weighted by Gasteiger charge is -2.42. The topological polar surface area (TPSA) is 137 Å². The molecule has 3 fully saturated rings. The first-order chi connectivity index (χ1) is 21.5. The fourth-order valence-electron chi connectivity index (χ4n) is 6.46. The predicted octanol–water partition coefficient (Wildman–Crippen LogP) is 3.54. The number of nitrogen functional groups attached to an aromatic ring is 1. The third-order valence-electron chi connectivity index (χ3n) is 8.77. The molecule has 3 saturated heterocycles. The number of carbonyl (C=O) groups excluding carboxylic acids is 1. The minimum Gasteiger partial charge on any atom is -0.507 e. The summed E-state index contributed by atoms with van der Waals surface area (Å²) in [5.74, 6) is 1.27. The van der Waals surface area contributed by atoms with Gasteiger partial charge in [0.15, 0.2) is 5.82 Å². The zero-order chi connectivity index (χ0) is 30.0. The number of anilines is 4. The van der Waals surface area contributed by atoms with E-state index < -0.39 is 0 Å². The molecule has 1 amide bonds. The first-order valence-electron chi connectivity index (χ1n) is 15.0. The summed E-state index contributed by atoms with van der Waals surface area (Å²) in [5, 5.41) is 18.8. The van der Waals surface area contributed by atoms with Gasteiger partial charge in [0.05, 0.1) is 29.5 Å². The fourth-order valence-corrected chi connectivity index (χ4v) is 6.46. The molecule has 44 heavy (non-hydrogen) atoms. The molecule has 2 aromatic carbocycles. The van der Waals surface area contributed by atoms with Gasteiger partial charge in [0, 0.05) is 56.9 Å². The molecule has 4 aromatic rings. The largest absolute Gasteiger partial charge is 0.507 e. The number of carbonyl (C=O) groups is 1. The Morgan fingerprint density at radius 1 is 0.886 bits per heavy atom. The van der Waals surface area contributed by atoms with Crippen LogP contribution in [0, 0.1) is 0 Å². The predicted molar refractivity (Wildman–Crippen MR) is 167 cm³/mol. The average Bonchev–Trinajstić information content (AvgIpc) is 3.33. The van der Waals surface area contributed by atoms with Gasteiger partial charge < -0.3 is 35.2 Å². The Labute approximate surface area is 255 Å². The van der Waals surface area contributed by atoms with Gasteiger partial charge in [-0.3, -0.25) is 0 Å². The summed E-state index contributed by atoms with van der Waals surface area (Å²) in [6, 6.07) is 19.2. The highest BCUT2D eigenvalue weighted by Crippen LogP contribution is 2.38. The summed E-state index contributed by atoms with van der Waals surface area (Å²) in [7, 11) is 0. The maximum Gasteiger partial charge on any atom is 0.410 e. The number of phenolic OH excluding ortho intramolecular Hbond substituents is 1. The van der Waals surface area contributed by atoms with Crippen LogP contribution in [0.3, 0.4) is 0 Å². The summed E-state index contributed by atoms with van der Waals surface area (Å²) < 4.78 is 5.50. The first-order valence-corrected chi connectivity index (χ1v) is 15.0. The van der Waals surface area contributed by atoms with E-state index in [0.717, 1.165) is 48.8 Å². The molecule has 2 atom stereocenters. The number of para-hydroxylation sites is 1.